The van der Waals surface area contributed by atoms with Gasteiger partial charge in [0.15, 0.2) is 0 Å². The van der Waals surface area contributed by atoms with Crippen LogP contribution in [-0.4, -0.2) is 5.91 Å². The summed E-state index contributed by atoms with van der Waals surface area (Å²) < 4.78 is 5.39. The molecule has 0 N–H and O–H groups in total. The minimum Gasteiger partial charge on any atom is -0.467 e. The summed E-state index contributed by atoms with van der Waals surface area (Å²) in [6, 6.07) is 13.5. The second-order valence-electron chi connectivity index (χ2n) is 4.82. The average molecular weight is 297 g/mol. The Morgan fingerprint density at radius 3 is 2.62 bits per heavy atom. The molecule has 0 saturated heterocycles. The van der Waals surface area contributed by atoms with Crippen LogP contribution in [0.1, 0.15) is 21.7 Å². The maximum absolute atomic E-state index is 12.7. The first-order valence-corrected chi connectivity index (χ1v) is 7.61. The Balaban J connectivity index is 1.94. The molecule has 21 heavy (non-hydrogen) atoms. The third-order valence-corrected chi connectivity index (χ3v) is 3.94. The number of carbonyl (C=O) groups is 1. The predicted molar refractivity (Wildman–Crippen MR) is 84.7 cm³/mol. The zero-order valence-electron chi connectivity index (χ0n) is 11.7. The van der Waals surface area contributed by atoms with Crippen molar-refractivity contribution in [3.8, 4) is 0 Å². The summed E-state index contributed by atoms with van der Waals surface area (Å²) in [6.07, 6.45) is 1.62. The molecule has 0 atom stereocenters. The van der Waals surface area contributed by atoms with Crippen molar-refractivity contribution in [1.82, 2.24) is 0 Å². The summed E-state index contributed by atoms with van der Waals surface area (Å²) in [5.41, 5.74) is 2.74. The lowest BCUT2D eigenvalue weighted by molar-refractivity contribution is 0.0983. The van der Waals surface area contributed by atoms with E-state index >= 15 is 0 Å². The molecule has 106 valence electrons. The van der Waals surface area contributed by atoms with Gasteiger partial charge in [0.05, 0.1) is 18.4 Å². The third kappa shape index (κ3) is 3.06. The van der Waals surface area contributed by atoms with Gasteiger partial charge >= 0.3 is 0 Å². The van der Waals surface area contributed by atoms with E-state index in [1.165, 1.54) is 16.9 Å². The fourth-order valence-electron chi connectivity index (χ4n) is 2.11. The Hall–Kier alpha value is -2.33. The molecule has 0 spiro atoms. The Kier molecular flexibility index (Phi) is 3.88. The van der Waals surface area contributed by atoms with Crippen LogP contribution >= 0.6 is 11.3 Å². The standard InChI is InChI=1S/C17H15NO2S/c1-13-4-6-15(7-5-13)18(11-16-3-2-9-20-16)17(19)14-8-10-21-12-14/h2-10,12H,11H2,1H3. The van der Waals surface area contributed by atoms with Crippen molar-refractivity contribution < 1.29 is 9.21 Å². The molecule has 0 fully saturated rings. The van der Waals surface area contributed by atoms with E-state index in [-0.39, 0.29) is 5.91 Å². The number of hydrogen-bond donors (Lipinski definition) is 0. The average Bonchev–Trinajstić information content (AvgIpc) is 3.18. The molecular weight excluding hydrogens is 282 g/mol. The number of amides is 1. The molecule has 3 nitrogen and oxygen atoms in total. The molecule has 1 aromatic carbocycles. The van der Waals surface area contributed by atoms with Gasteiger partial charge in [0.1, 0.15) is 5.76 Å². The van der Waals surface area contributed by atoms with Gasteiger partial charge in [-0.2, -0.15) is 11.3 Å². The molecule has 0 aliphatic heterocycles. The highest BCUT2D eigenvalue weighted by atomic mass is 32.1. The summed E-state index contributed by atoms with van der Waals surface area (Å²) in [5, 5.41) is 3.78. The first kappa shape index (κ1) is 13.6. The van der Waals surface area contributed by atoms with Gasteiger partial charge in [-0.1, -0.05) is 17.7 Å². The number of carbonyl (C=O) groups excluding carboxylic acids is 1. The van der Waals surface area contributed by atoms with Crippen LogP contribution < -0.4 is 4.90 Å². The number of furan rings is 1. The molecule has 0 aliphatic carbocycles. The largest absolute Gasteiger partial charge is 0.467 e. The van der Waals surface area contributed by atoms with Crippen molar-refractivity contribution in [3.63, 3.8) is 0 Å². The molecule has 4 heteroatoms. The van der Waals surface area contributed by atoms with Gasteiger partial charge in [-0.3, -0.25) is 4.79 Å². The van der Waals surface area contributed by atoms with Gasteiger partial charge < -0.3 is 9.32 Å². The molecule has 0 unspecified atom stereocenters. The molecule has 3 aromatic rings. The Morgan fingerprint density at radius 1 is 1.19 bits per heavy atom. The van der Waals surface area contributed by atoms with E-state index in [0.29, 0.717) is 12.1 Å². The van der Waals surface area contributed by atoms with Gasteiger partial charge in [0.25, 0.3) is 5.91 Å². The second-order valence-corrected chi connectivity index (χ2v) is 5.60. The van der Waals surface area contributed by atoms with Crippen LogP contribution in [0.4, 0.5) is 5.69 Å². The highest BCUT2D eigenvalue weighted by molar-refractivity contribution is 7.08. The topological polar surface area (TPSA) is 33.5 Å². The number of anilines is 1. The minimum absolute atomic E-state index is 0.0171. The van der Waals surface area contributed by atoms with Gasteiger partial charge in [-0.15, -0.1) is 0 Å². The highest BCUT2D eigenvalue weighted by Crippen LogP contribution is 2.22. The monoisotopic (exact) mass is 297 g/mol. The van der Waals surface area contributed by atoms with Crippen molar-refractivity contribution in [2.24, 2.45) is 0 Å². The SMILES string of the molecule is Cc1ccc(N(Cc2ccco2)C(=O)c2ccsc2)cc1. The van der Waals surface area contributed by atoms with Crippen molar-refractivity contribution in [1.29, 1.82) is 0 Å². The number of hydrogen-bond acceptors (Lipinski definition) is 3. The fourth-order valence-corrected chi connectivity index (χ4v) is 2.74. The molecule has 3 rings (SSSR count). The van der Waals surface area contributed by atoms with E-state index in [1.807, 2.05) is 60.1 Å². The van der Waals surface area contributed by atoms with Crippen LogP contribution in [0.25, 0.3) is 0 Å². The number of nitrogens with zero attached hydrogens (tertiary/aromatic N) is 1. The van der Waals surface area contributed by atoms with Crippen LogP contribution in [0.15, 0.2) is 63.9 Å². The van der Waals surface area contributed by atoms with Crippen LogP contribution in [0.3, 0.4) is 0 Å². The van der Waals surface area contributed by atoms with Gasteiger partial charge in [0.2, 0.25) is 0 Å². The Bertz CT molecular complexity index is 700. The summed E-state index contributed by atoms with van der Waals surface area (Å²) in [4.78, 5) is 14.4. The lowest BCUT2D eigenvalue weighted by Gasteiger charge is -2.21. The van der Waals surface area contributed by atoms with Gasteiger partial charge in [-0.25, -0.2) is 0 Å². The first-order chi connectivity index (χ1) is 10.2. The Morgan fingerprint density at radius 2 is 2.00 bits per heavy atom. The zero-order valence-corrected chi connectivity index (χ0v) is 12.5. The van der Waals surface area contributed by atoms with Crippen LogP contribution in [0, 0.1) is 6.92 Å². The third-order valence-electron chi connectivity index (χ3n) is 3.25. The first-order valence-electron chi connectivity index (χ1n) is 6.67. The summed E-state index contributed by atoms with van der Waals surface area (Å²) in [7, 11) is 0. The van der Waals surface area contributed by atoms with E-state index in [0.717, 1.165) is 11.4 Å². The van der Waals surface area contributed by atoms with Crippen LogP contribution in [0.5, 0.6) is 0 Å². The van der Waals surface area contributed by atoms with Gasteiger partial charge in [0, 0.05) is 11.1 Å². The maximum atomic E-state index is 12.7. The smallest absolute Gasteiger partial charge is 0.259 e. The molecule has 0 bridgehead atoms. The van der Waals surface area contributed by atoms with E-state index in [2.05, 4.69) is 0 Å². The molecule has 0 radical (unpaired) electrons. The molecule has 1 amide bonds. The van der Waals surface area contributed by atoms with Gasteiger partial charge in [-0.05, 0) is 42.6 Å². The summed E-state index contributed by atoms with van der Waals surface area (Å²) in [5.74, 6) is 0.746. The lowest BCUT2D eigenvalue weighted by Crippen LogP contribution is -2.29. The van der Waals surface area contributed by atoms with E-state index in [9.17, 15) is 4.79 Å². The van der Waals surface area contributed by atoms with Crippen molar-refractivity contribution in [3.05, 3.63) is 76.4 Å². The minimum atomic E-state index is -0.0171. The normalized spacial score (nSPS) is 10.5. The number of aryl methyl sites for hydroxylation is 1. The lowest BCUT2D eigenvalue weighted by atomic mass is 10.2. The van der Waals surface area contributed by atoms with Crippen molar-refractivity contribution in [2.75, 3.05) is 4.90 Å². The van der Waals surface area contributed by atoms with E-state index in [4.69, 9.17) is 4.42 Å². The number of benzene rings is 1. The molecule has 2 heterocycles. The van der Waals surface area contributed by atoms with Crippen LogP contribution in [0.2, 0.25) is 0 Å². The van der Waals surface area contributed by atoms with Crippen molar-refractivity contribution >= 4 is 22.9 Å². The number of rotatable bonds is 4. The molecule has 0 aliphatic rings. The quantitative estimate of drug-likeness (QED) is 0.710. The van der Waals surface area contributed by atoms with E-state index < -0.39 is 0 Å². The number of thiophene rings is 1. The van der Waals surface area contributed by atoms with E-state index in [1.54, 1.807) is 11.2 Å². The zero-order chi connectivity index (χ0) is 14.7. The summed E-state index contributed by atoms with van der Waals surface area (Å²) >= 11 is 1.52. The highest BCUT2D eigenvalue weighted by Gasteiger charge is 2.19. The van der Waals surface area contributed by atoms with Crippen molar-refractivity contribution in [2.45, 2.75) is 13.5 Å². The second kappa shape index (κ2) is 5.97. The summed E-state index contributed by atoms with van der Waals surface area (Å²) in [6.45, 7) is 2.45. The maximum Gasteiger partial charge on any atom is 0.259 e. The predicted octanol–water partition coefficient (Wildman–Crippen LogP) is 4.50. The Labute approximate surface area is 127 Å². The molecule has 0 saturated carbocycles. The molecule has 2 aromatic heterocycles. The fraction of sp³-hybridized carbons (Fsp3) is 0.118. The molecular formula is C17H15NO2S. The van der Waals surface area contributed by atoms with Crippen LogP contribution in [-0.2, 0) is 6.54 Å².